The van der Waals surface area contributed by atoms with Crippen LogP contribution >= 0.6 is 11.3 Å². The van der Waals surface area contributed by atoms with E-state index >= 15 is 0 Å². The molecule has 0 saturated carbocycles. The number of thiazole rings is 1. The van der Waals surface area contributed by atoms with Crippen molar-refractivity contribution in [2.24, 2.45) is 0 Å². The van der Waals surface area contributed by atoms with Crippen LogP contribution in [0, 0.1) is 0 Å². The van der Waals surface area contributed by atoms with Crippen LogP contribution in [0.5, 0.6) is 11.5 Å². The third-order valence-electron chi connectivity index (χ3n) is 4.36. The number of nitrogens with one attached hydrogen (secondary N) is 1. The van der Waals surface area contributed by atoms with Crippen LogP contribution in [0.15, 0.2) is 36.4 Å². The Morgan fingerprint density at radius 2 is 2.15 bits per heavy atom. The third-order valence-corrected chi connectivity index (χ3v) is 5.44. The number of hydrogen-bond acceptors (Lipinski definition) is 5. The fourth-order valence-electron chi connectivity index (χ4n) is 3.13. The smallest absolute Gasteiger partial charge is 0.318 e. The Hall–Kier alpha value is -2.80. The molecule has 2 aromatic carbocycles. The molecule has 0 aliphatic carbocycles. The average Bonchev–Trinajstić information content (AvgIpc) is 2.93. The second kappa shape index (κ2) is 7.08. The van der Waals surface area contributed by atoms with Crippen LogP contribution < -0.4 is 10.1 Å². The van der Waals surface area contributed by atoms with Crippen LogP contribution in [0.3, 0.4) is 0 Å². The van der Waals surface area contributed by atoms with Crippen molar-refractivity contribution in [1.82, 2.24) is 15.2 Å². The zero-order valence-corrected chi connectivity index (χ0v) is 16.0. The normalized spacial score (nSPS) is 14.0. The van der Waals surface area contributed by atoms with E-state index in [9.17, 15) is 9.90 Å². The molecule has 2 heterocycles. The minimum absolute atomic E-state index is 0.0589. The van der Waals surface area contributed by atoms with Crippen LogP contribution in [0.25, 0.3) is 20.8 Å². The molecule has 27 heavy (non-hydrogen) atoms. The lowest BCUT2D eigenvalue weighted by atomic mass is 10.1. The molecule has 1 aromatic heterocycles. The van der Waals surface area contributed by atoms with E-state index < -0.39 is 0 Å². The van der Waals surface area contributed by atoms with Crippen molar-refractivity contribution in [2.45, 2.75) is 26.4 Å². The average molecular weight is 383 g/mol. The lowest BCUT2D eigenvalue weighted by molar-refractivity contribution is 0.185. The number of phenols is 1. The summed E-state index contributed by atoms with van der Waals surface area (Å²) >= 11 is 1.57. The molecule has 7 heteroatoms. The standard InChI is InChI=1S/C20H21N3O3S/c1-12(2)21-20(25)23-7-8-26-18-14(11-23)9-13(10-16(18)24)19-22-15-5-3-4-6-17(15)27-19/h3-6,9-10,12,24H,7-8,11H2,1-2H3,(H,21,25). The number of aromatic hydroxyl groups is 1. The second-order valence-electron chi connectivity index (χ2n) is 6.84. The van der Waals surface area contributed by atoms with Crippen LogP contribution in [-0.4, -0.2) is 40.2 Å². The van der Waals surface area contributed by atoms with Gasteiger partial charge in [-0.2, -0.15) is 0 Å². The highest BCUT2D eigenvalue weighted by Crippen LogP contribution is 2.39. The van der Waals surface area contributed by atoms with Crippen molar-refractivity contribution < 1.29 is 14.6 Å². The largest absolute Gasteiger partial charge is 0.504 e. The molecule has 0 saturated heterocycles. The highest BCUT2D eigenvalue weighted by Gasteiger charge is 2.23. The Morgan fingerprint density at radius 1 is 1.33 bits per heavy atom. The van der Waals surface area contributed by atoms with Crippen molar-refractivity contribution >= 4 is 27.6 Å². The molecule has 0 bridgehead atoms. The Bertz CT molecular complexity index is 966. The number of carbonyl (C=O) groups is 1. The number of aromatic nitrogens is 1. The number of nitrogens with zero attached hydrogens (tertiary/aromatic N) is 2. The summed E-state index contributed by atoms with van der Waals surface area (Å²) in [5, 5.41) is 14.2. The topological polar surface area (TPSA) is 74.7 Å². The van der Waals surface area contributed by atoms with E-state index in [1.807, 2.05) is 44.2 Å². The van der Waals surface area contributed by atoms with Crippen LogP contribution in [0.4, 0.5) is 4.79 Å². The maximum absolute atomic E-state index is 12.4. The molecular formula is C20H21N3O3S. The number of rotatable bonds is 2. The second-order valence-corrected chi connectivity index (χ2v) is 7.88. The fourth-order valence-corrected chi connectivity index (χ4v) is 4.08. The van der Waals surface area contributed by atoms with Gasteiger partial charge in [-0.15, -0.1) is 11.3 Å². The first kappa shape index (κ1) is 17.6. The number of fused-ring (bicyclic) bond motifs is 2. The number of carbonyl (C=O) groups excluding carboxylic acids is 1. The summed E-state index contributed by atoms with van der Waals surface area (Å²) in [6, 6.07) is 11.5. The number of hydrogen-bond donors (Lipinski definition) is 2. The summed E-state index contributed by atoms with van der Waals surface area (Å²) in [5.74, 6) is 0.521. The van der Waals surface area contributed by atoms with Crippen molar-refractivity contribution in [3.63, 3.8) is 0 Å². The zero-order chi connectivity index (χ0) is 19.0. The molecule has 6 nitrogen and oxygen atoms in total. The molecule has 4 rings (SSSR count). The molecular weight excluding hydrogens is 362 g/mol. The van der Waals surface area contributed by atoms with Gasteiger partial charge in [0.1, 0.15) is 11.6 Å². The van der Waals surface area contributed by atoms with Gasteiger partial charge >= 0.3 is 6.03 Å². The Balaban J connectivity index is 1.70. The number of ether oxygens (including phenoxy) is 1. The monoisotopic (exact) mass is 383 g/mol. The minimum Gasteiger partial charge on any atom is -0.504 e. The molecule has 0 atom stereocenters. The highest BCUT2D eigenvalue weighted by molar-refractivity contribution is 7.21. The summed E-state index contributed by atoms with van der Waals surface area (Å²) in [5.41, 5.74) is 2.53. The molecule has 3 aromatic rings. The van der Waals surface area contributed by atoms with E-state index in [2.05, 4.69) is 10.3 Å². The van der Waals surface area contributed by atoms with E-state index in [-0.39, 0.29) is 17.8 Å². The molecule has 1 aliphatic heterocycles. The van der Waals surface area contributed by atoms with Gasteiger partial charge in [-0.3, -0.25) is 0 Å². The van der Waals surface area contributed by atoms with Crippen LogP contribution in [0.2, 0.25) is 0 Å². The molecule has 0 spiro atoms. The van der Waals surface area contributed by atoms with E-state index in [4.69, 9.17) is 4.74 Å². The summed E-state index contributed by atoms with van der Waals surface area (Å²) in [4.78, 5) is 18.8. The third kappa shape index (κ3) is 3.55. The molecule has 0 unspecified atom stereocenters. The van der Waals surface area contributed by atoms with E-state index in [1.54, 1.807) is 22.3 Å². The predicted molar refractivity (Wildman–Crippen MR) is 106 cm³/mol. The van der Waals surface area contributed by atoms with Gasteiger partial charge in [-0.1, -0.05) is 12.1 Å². The van der Waals surface area contributed by atoms with Crippen molar-refractivity contribution in [3.05, 3.63) is 42.0 Å². The SMILES string of the molecule is CC(C)NC(=O)N1CCOc2c(O)cc(-c3nc4ccccc4s3)cc2C1. The van der Waals surface area contributed by atoms with Gasteiger partial charge in [0.05, 0.1) is 23.3 Å². The highest BCUT2D eigenvalue weighted by atomic mass is 32.1. The first-order chi connectivity index (χ1) is 13.0. The first-order valence-corrected chi connectivity index (χ1v) is 9.73. The van der Waals surface area contributed by atoms with Gasteiger partial charge in [0.2, 0.25) is 0 Å². The molecule has 2 amide bonds. The van der Waals surface area contributed by atoms with Gasteiger partial charge in [0.25, 0.3) is 0 Å². The predicted octanol–water partition coefficient (Wildman–Crippen LogP) is 3.98. The van der Waals surface area contributed by atoms with Crippen molar-refractivity contribution in [3.8, 4) is 22.1 Å². The lowest BCUT2D eigenvalue weighted by Gasteiger charge is -2.22. The maximum Gasteiger partial charge on any atom is 0.318 e. The maximum atomic E-state index is 12.4. The Labute approximate surface area is 161 Å². The lowest BCUT2D eigenvalue weighted by Crippen LogP contribution is -2.43. The molecule has 140 valence electrons. The van der Waals surface area contributed by atoms with Crippen LogP contribution in [-0.2, 0) is 6.54 Å². The van der Waals surface area contributed by atoms with E-state index in [0.717, 1.165) is 26.4 Å². The van der Waals surface area contributed by atoms with Gasteiger partial charge < -0.3 is 20.1 Å². The minimum atomic E-state index is -0.133. The number of phenolic OH excluding ortho intramolecular Hbond substituents is 1. The summed E-state index contributed by atoms with van der Waals surface area (Å²) in [7, 11) is 0. The van der Waals surface area contributed by atoms with E-state index in [0.29, 0.717) is 25.4 Å². The molecule has 0 fully saturated rings. The van der Waals surface area contributed by atoms with Gasteiger partial charge in [-0.25, -0.2) is 9.78 Å². The van der Waals surface area contributed by atoms with Gasteiger partial charge in [-0.05, 0) is 38.1 Å². The Kier molecular flexibility index (Phi) is 4.61. The fraction of sp³-hybridized carbons (Fsp3) is 0.300. The number of para-hydroxylation sites is 1. The summed E-state index contributed by atoms with van der Waals surface area (Å²) in [6.07, 6.45) is 0. The van der Waals surface area contributed by atoms with Crippen molar-refractivity contribution in [2.75, 3.05) is 13.2 Å². The molecule has 2 N–H and O–H groups in total. The molecule has 1 aliphatic rings. The Morgan fingerprint density at radius 3 is 2.93 bits per heavy atom. The summed E-state index contributed by atoms with van der Waals surface area (Å²) in [6.45, 7) is 5.03. The van der Waals surface area contributed by atoms with Crippen molar-refractivity contribution in [1.29, 1.82) is 0 Å². The van der Waals surface area contributed by atoms with Crippen LogP contribution in [0.1, 0.15) is 19.4 Å². The van der Waals surface area contributed by atoms with Gasteiger partial charge in [0.15, 0.2) is 11.5 Å². The zero-order valence-electron chi connectivity index (χ0n) is 15.2. The quantitative estimate of drug-likeness (QED) is 0.702. The number of benzene rings is 2. The molecule has 0 radical (unpaired) electrons. The van der Waals surface area contributed by atoms with E-state index in [1.165, 1.54) is 0 Å². The summed E-state index contributed by atoms with van der Waals surface area (Å²) < 4.78 is 6.82. The number of amides is 2. The van der Waals surface area contributed by atoms with Gasteiger partial charge in [0, 0.05) is 17.2 Å². The first-order valence-electron chi connectivity index (χ1n) is 8.91. The number of urea groups is 1.